The molecule has 2 atom stereocenters. The van der Waals surface area contributed by atoms with Gasteiger partial charge < -0.3 is 9.84 Å². The summed E-state index contributed by atoms with van der Waals surface area (Å²) >= 11 is 0. The Bertz CT molecular complexity index is 654. The highest BCUT2D eigenvalue weighted by Crippen LogP contribution is 2.59. The molecule has 2 aliphatic carbocycles. The number of fused-ring (bicyclic) bond motifs is 3. The molecule has 2 nitrogen and oxygen atoms in total. The zero-order valence-electron chi connectivity index (χ0n) is 15.4. The van der Waals surface area contributed by atoms with Crippen molar-refractivity contribution in [3.63, 3.8) is 0 Å². The van der Waals surface area contributed by atoms with Crippen molar-refractivity contribution >= 4 is 6.08 Å². The smallest absolute Gasteiger partial charge is 0.164 e. The first-order valence-electron chi connectivity index (χ1n) is 8.85. The Hall–Kier alpha value is -1.44. The van der Waals surface area contributed by atoms with Crippen LogP contribution in [0.25, 0.3) is 6.08 Å². The van der Waals surface area contributed by atoms with Crippen molar-refractivity contribution in [2.75, 3.05) is 7.11 Å². The van der Waals surface area contributed by atoms with E-state index in [-0.39, 0.29) is 10.8 Å². The van der Waals surface area contributed by atoms with E-state index < -0.39 is 0 Å². The number of hydrogen-bond acceptors (Lipinski definition) is 2. The van der Waals surface area contributed by atoms with Gasteiger partial charge in [-0.25, -0.2) is 0 Å². The number of aromatic hydroxyl groups is 1. The molecule has 0 aromatic heterocycles. The van der Waals surface area contributed by atoms with Gasteiger partial charge >= 0.3 is 0 Å². The quantitative estimate of drug-likeness (QED) is 0.766. The molecule has 0 spiro atoms. The van der Waals surface area contributed by atoms with E-state index in [0.717, 1.165) is 17.5 Å². The second-order valence-corrected chi connectivity index (χ2v) is 8.56. The summed E-state index contributed by atoms with van der Waals surface area (Å²) in [6.45, 7) is 11.3. The minimum absolute atomic E-state index is 0.0152. The van der Waals surface area contributed by atoms with Crippen LogP contribution in [-0.4, -0.2) is 12.2 Å². The van der Waals surface area contributed by atoms with Crippen molar-refractivity contribution in [2.24, 2.45) is 11.3 Å². The van der Waals surface area contributed by atoms with Crippen LogP contribution in [0.4, 0.5) is 0 Å². The lowest BCUT2D eigenvalue weighted by atomic mass is 9.52. The normalized spacial score (nSPS) is 28.4. The fourth-order valence-electron chi connectivity index (χ4n) is 5.11. The van der Waals surface area contributed by atoms with Crippen LogP contribution >= 0.6 is 0 Å². The van der Waals surface area contributed by atoms with Crippen molar-refractivity contribution in [3.05, 3.63) is 28.8 Å². The zero-order valence-corrected chi connectivity index (χ0v) is 15.4. The molecule has 0 radical (unpaired) electrons. The average Bonchev–Trinajstić information content (AvgIpc) is 2.45. The Balaban J connectivity index is 2.26. The van der Waals surface area contributed by atoms with Gasteiger partial charge in [0.2, 0.25) is 0 Å². The van der Waals surface area contributed by atoms with Gasteiger partial charge in [-0.1, -0.05) is 53.2 Å². The van der Waals surface area contributed by atoms with E-state index in [2.05, 4.69) is 52.8 Å². The Morgan fingerprint density at radius 1 is 1.22 bits per heavy atom. The van der Waals surface area contributed by atoms with Gasteiger partial charge in [-0.2, -0.15) is 0 Å². The summed E-state index contributed by atoms with van der Waals surface area (Å²) in [7, 11) is 1.66. The van der Waals surface area contributed by atoms with E-state index >= 15 is 0 Å². The van der Waals surface area contributed by atoms with E-state index in [1.807, 2.05) is 0 Å². The molecule has 0 aliphatic heterocycles. The van der Waals surface area contributed by atoms with E-state index in [9.17, 15) is 5.11 Å². The number of methoxy groups -OCH3 is 1. The second-order valence-electron chi connectivity index (χ2n) is 8.56. The van der Waals surface area contributed by atoms with Crippen molar-refractivity contribution in [1.82, 2.24) is 0 Å². The van der Waals surface area contributed by atoms with E-state index in [1.165, 1.54) is 18.4 Å². The summed E-state index contributed by atoms with van der Waals surface area (Å²) in [4.78, 5) is 0. The largest absolute Gasteiger partial charge is 0.504 e. The lowest BCUT2D eigenvalue weighted by molar-refractivity contribution is 0.0888. The van der Waals surface area contributed by atoms with Crippen LogP contribution < -0.4 is 4.74 Å². The minimum atomic E-state index is -0.0152. The highest BCUT2D eigenvalue weighted by Gasteiger charge is 2.49. The highest BCUT2D eigenvalue weighted by molar-refractivity contribution is 5.70. The minimum Gasteiger partial charge on any atom is -0.504 e. The average molecular weight is 314 g/mol. The Morgan fingerprint density at radius 3 is 2.52 bits per heavy atom. The number of rotatable bonds is 2. The SMILES string of the molecule is COc1c(C(C)C)cc2c(c1O)[C@@]1(C)CCCC(C)(C)[C@@H]1C=C2. The van der Waals surface area contributed by atoms with Gasteiger partial charge in [0.05, 0.1) is 7.11 Å². The maximum atomic E-state index is 11.1. The first-order chi connectivity index (χ1) is 10.7. The Kier molecular flexibility index (Phi) is 3.78. The first kappa shape index (κ1) is 16.4. The van der Waals surface area contributed by atoms with Crippen LogP contribution in [-0.2, 0) is 5.41 Å². The lowest BCUT2D eigenvalue weighted by Crippen LogP contribution is -2.45. The number of hydrogen-bond donors (Lipinski definition) is 1. The molecule has 3 rings (SSSR count). The summed E-state index contributed by atoms with van der Waals surface area (Å²) in [6, 6.07) is 2.22. The molecule has 1 fully saturated rings. The van der Waals surface area contributed by atoms with E-state index in [0.29, 0.717) is 23.3 Å². The summed E-state index contributed by atoms with van der Waals surface area (Å²) in [5.74, 6) is 1.81. The van der Waals surface area contributed by atoms with Gasteiger partial charge in [0.15, 0.2) is 11.5 Å². The predicted molar refractivity (Wildman–Crippen MR) is 96.3 cm³/mol. The molecule has 1 aromatic carbocycles. The van der Waals surface area contributed by atoms with Crippen LogP contribution in [0.15, 0.2) is 12.1 Å². The highest BCUT2D eigenvalue weighted by atomic mass is 16.5. The number of phenolic OH excluding ortho intramolecular Hbond substituents is 1. The van der Waals surface area contributed by atoms with Gasteiger partial charge in [-0.15, -0.1) is 0 Å². The van der Waals surface area contributed by atoms with Crippen molar-refractivity contribution < 1.29 is 9.84 Å². The van der Waals surface area contributed by atoms with Crippen LogP contribution in [0.2, 0.25) is 0 Å². The lowest BCUT2D eigenvalue weighted by Gasteiger charge is -2.52. The van der Waals surface area contributed by atoms with Crippen molar-refractivity contribution in [2.45, 2.75) is 65.2 Å². The predicted octanol–water partition coefficient (Wildman–Crippen LogP) is 5.64. The number of phenols is 1. The molecule has 1 saturated carbocycles. The number of allylic oxidation sites excluding steroid dienone is 1. The molecular formula is C21H30O2. The summed E-state index contributed by atoms with van der Waals surface area (Å²) in [5.41, 5.74) is 3.60. The van der Waals surface area contributed by atoms with Crippen LogP contribution in [0.1, 0.15) is 76.5 Å². The van der Waals surface area contributed by atoms with Crippen molar-refractivity contribution in [1.29, 1.82) is 0 Å². The Morgan fingerprint density at radius 2 is 1.91 bits per heavy atom. The second kappa shape index (κ2) is 5.29. The fourth-order valence-corrected chi connectivity index (χ4v) is 5.11. The molecule has 2 heteroatoms. The molecule has 0 amide bonds. The fraction of sp³-hybridized carbons (Fsp3) is 0.619. The molecule has 126 valence electrons. The Labute approximate surface area is 140 Å². The summed E-state index contributed by atoms with van der Waals surface area (Å²) < 4.78 is 5.61. The monoisotopic (exact) mass is 314 g/mol. The standard InChI is InChI=1S/C21H30O2/c1-13(2)15-12-14-8-9-16-20(3,4)10-7-11-21(16,5)17(14)18(22)19(15)23-6/h8-9,12-13,16,22H,7,10-11H2,1-6H3/t16-,21-/m0/s1. The number of ether oxygens (including phenoxy) is 1. The van der Waals surface area contributed by atoms with Crippen LogP contribution in [0.5, 0.6) is 11.5 Å². The third-order valence-electron chi connectivity index (χ3n) is 6.22. The third-order valence-corrected chi connectivity index (χ3v) is 6.22. The topological polar surface area (TPSA) is 29.5 Å². The summed E-state index contributed by atoms with van der Waals surface area (Å²) in [5, 5.41) is 11.1. The maximum absolute atomic E-state index is 11.1. The van der Waals surface area contributed by atoms with Gasteiger partial charge in [-0.3, -0.25) is 0 Å². The molecule has 1 aromatic rings. The third kappa shape index (κ3) is 2.29. The van der Waals surface area contributed by atoms with Crippen molar-refractivity contribution in [3.8, 4) is 11.5 Å². The van der Waals surface area contributed by atoms with E-state index in [1.54, 1.807) is 7.11 Å². The molecule has 2 aliphatic rings. The van der Waals surface area contributed by atoms with Crippen LogP contribution in [0, 0.1) is 11.3 Å². The molecule has 23 heavy (non-hydrogen) atoms. The zero-order chi connectivity index (χ0) is 17.0. The molecular weight excluding hydrogens is 284 g/mol. The molecule has 0 bridgehead atoms. The van der Waals surface area contributed by atoms with Gasteiger partial charge in [0.1, 0.15) is 0 Å². The molecule has 0 heterocycles. The van der Waals surface area contributed by atoms with E-state index in [4.69, 9.17) is 4.74 Å². The first-order valence-corrected chi connectivity index (χ1v) is 8.85. The summed E-state index contributed by atoms with van der Waals surface area (Å²) in [6.07, 6.45) is 8.18. The molecule has 0 saturated heterocycles. The molecule has 0 unspecified atom stereocenters. The molecule has 1 N–H and O–H groups in total. The maximum Gasteiger partial charge on any atom is 0.164 e. The van der Waals surface area contributed by atoms with Gasteiger partial charge in [-0.05, 0) is 41.7 Å². The van der Waals surface area contributed by atoms with Gasteiger partial charge in [0.25, 0.3) is 0 Å². The van der Waals surface area contributed by atoms with Gasteiger partial charge in [0, 0.05) is 16.5 Å². The van der Waals surface area contributed by atoms with Crippen LogP contribution in [0.3, 0.4) is 0 Å². The number of benzene rings is 1.